The van der Waals surface area contributed by atoms with E-state index in [4.69, 9.17) is 16.9 Å². The van der Waals surface area contributed by atoms with Crippen LogP contribution in [0, 0.1) is 17.2 Å². The maximum atomic E-state index is 12.0. The van der Waals surface area contributed by atoms with Crippen molar-refractivity contribution in [1.29, 1.82) is 5.26 Å². The lowest BCUT2D eigenvalue weighted by atomic mass is 10.1. The second kappa shape index (κ2) is 7.81. The highest BCUT2D eigenvalue weighted by molar-refractivity contribution is 6.29. The van der Waals surface area contributed by atoms with Crippen LogP contribution in [-0.4, -0.2) is 35.4 Å². The van der Waals surface area contributed by atoms with E-state index in [9.17, 15) is 9.59 Å². The number of aromatic nitrogens is 1. The number of H-pyrrole nitrogens is 1. The van der Waals surface area contributed by atoms with E-state index >= 15 is 0 Å². The van der Waals surface area contributed by atoms with Crippen LogP contribution in [0.4, 0.5) is 5.69 Å². The second-order valence-electron chi connectivity index (χ2n) is 4.56. The van der Waals surface area contributed by atoms with Crippen LogP contribution >= 0.6 is 11.6 Å². The van der Waals surface area contributed by atoms with Gasteiger partial charge < -0.3 is 10.3 Å². The van der Waals surface area contributed by atoms with Gasteiger partial charge in [0.05, 0.1) is 18.0 Å². The van der Waals surface area contributed by atoms with Crippen LogP contribution in [0.5, 0.6) is 0 Å². The van der Waals surface area contributed by atoms with Gasteiger partial charge in [0.1, 0.15) is 10.8 Å². The van der Waals surface area contributed by atoms with Crippen LogP contribution in [0.15, 0.2) is 16.9 Å². The molecule has 7 heteroatoms. The number of hydrogen-bond donors (Lipinski definition) is 2. The molecule has 2 rings (SSSR count). The maximum absolute atomic E-state index is 12.0. The number of anilines is 1. The van der Waals surface area contributed by atoms with Gasteiger partial charge in [-0.25, -0.2) is 0 Å². The van der Waals surface area contributed by atoms with Crippen molar-refractivity contribution in [2.45, 2.75) is 26.3 Å². The maximum Gasteiger partial charge on any atom is 0.272 e. The summed E-state index contributed by atoms with van der Waals surface area (Å²) in [6.07, 6.45) is 0.477. The summed E-state index contributed by atoms with van der Waals surface area (Å²) in [6.45, 7) is 4.51. The predicted molar refractivity (Wildman–Crippen MR) is 82.2 cm³/mol. The van der Waals surface area contributed by atoms with Crippen molar-refractivity contribution in [2.24, 2.45) is 5.92 Å². The number of nitrogens with zero attached hydrogens (tertiary/aromatic N) is 2. The number of hydrogen-bond acceptors (Lipinski definition) is 4. The Morgan fingerprint density at radius 2 is 2.19 bits per heavy atom. The molecule has 0 radical (unpaired) electrons. The fourth-order valence-corrected chi connectivity index (χ4v) is 2.27. The zero-order chi connectivity index (χ0) is 16.0. The lowest BCUT2D eigenvalue weighted by molar-refractivity contribution is -0.119. The van der Waals surface area contributed by atoms with Gasteiger partial charge in [0, 0.05) is 6.54 Å². The molecule has 0 spiro atoms. The van der Waals surface area contributed by atoms with Gasteiger partial charge in [-0.1, -0.05) is 25.4 Å². The minimum atomic E-state index is -0.441. The number of pyridine rings is 1. The van der Waals surface area contributed by atoms with Crippen molar-refractivity contribution >= 4 is 23.2 Å². The molecule has 2 N–H and O–H groups in total. The third kappa shape index (κ3) is 4.31. The summed E-state index contributed by atoms with van der Waals surface area (Å²) in [6, 6.07) is 4.85. The number of likely N-dealkylation sites (tertiary alicyclic amines) is 1. The topological polar surface area (TPSA) is 89.0 Å². The van der Waals surface area contributed by atoms with Crippen LogP contribution in [0.1, 0.15) is 20.3 Å². The van der Waals surface area contributed by atoms with E-state index in [0.717, 1.165) is 0 Å². The molecular weight excluding hydrogens is 292 g/mol. The summed E-state index contributed by atoms with van der Waals surface area (Å²) in [5.41, 5.74) is -0.276. The standard InChI is InChI=1S/C12H13ClN4O2.C2H6/c1-17-6-7(4-8(17)5-14)11(18)15-9-2-3-10(13)16-12(9)19;1-2/h2-3,7-8H,4,6H2,1H3,(H,15,18)(H,16,19);1-2H3. The summed E-state index contributed by atoms with van der Waals surface area (Å²) in [7, 11) is 1.80. The van der Waals surface area contributed by atoms with Gasteiger partial charge in [0.15, 0.2) is 0 Å². The quantitative estimate of drug-likeness (QED) is 0.816. The molecule has 1 aliphatic rings. The third-order valence-corrected chi connectivity index (χ3v) is 3.42. The highest BCUT2D eigenvalue weighted by Crippen LogP contribution is 2.22. The number of amides is 1. The van der Waals surface area contributed by atoms with Crippen LogP contribution in [0.25, 0.3) is 0 Å². The van der Waals surface area contributed by atoms with E-state index in [2.05, 4.69) is 16.4 Å². The van der Waals surface area contributed by atoms with Crippen LogP contribution in [0.3, 0.4) is 0 Å². The zero-order valence-electron chi connectivity index (χ0n) is 12.3. The number of nitriles is 1. The Morgan fingerprint density at radius 3 is 2.71 bits per heavy atom. The molecule has 6 nitrogen and oxygen atoms in total. The molecule has 2 atom stereocenters. The van der Waals surface area contributed by atoms with Crippen molar-refractivity contribution in [2.75, 3.05) is 18.9 Å². The fraction of sp³-hybridized carbons (Fsp3) is 0.500. The number of carbonyl (C=O) groups is 1. The number of carbonyl (C=O) groups excluding carboxylic acids is 1. The Kier molecular flexibility index (Phi) is 6.40. The minimum absolute atomic E-state index is 0.164. The molecule has 1 aliphatic heterocycles. The summed E-state index contributed by atoms with van der Waals surface area (Å²) in [5.74, 6) is -0.540. The van der Waals surface area contributed by atoms with E-state index in [1.807, 2.05) is 18.7 Å². The zero-order valence-corrected chi connectivity index (χ0v) is 13.1. The minimum Gasteiger partial charge on any atom is -0.321 e. The highest BCUT2D eigenvalue weighted by atomic mass is 35.5. The van der Waals surface area contributed by atoms with E-state index in [0.29, 0.717) is 13.0 Å². The van der Waals surface area contributed by atoms with Gasteiger partial charge in [-0.3, -0.25) is 14.5 Å². The number of aromatic amines is 1. The van der Waals surface area contributed by atoms with Crippen LogP contribution in [-0.2, 0) is 4.79 Å². The van der Waals surface area contributed by atoms with Gasteiger partial charge in [-0.05, 0) is 25.6 Å². The summed E-state index contributed by atoms with van der Waals surface area (Å²) >= 11 is 5.63. The normalized spacial score (nSPS) is 21.1. The molecule has 2 unspecified atom stereocenters. The molecule has 1 fully saturated rings. The first-order valence-electron chi connectivity index (χ1n) is 6.81. The molecular formula is C14H19ClN4O2. The Hall–Kier alpha value is -1.84. The lowest BCUT2D eigenvalue weighted by Gasteiger charge is -2.11. The van der Waals surface area contributed by atoms with Gasteiger partial charge >= 0.3 is 0 Å². The SMILES string of the molecule is CC.CN1CC(C(=O)Nc2ccc(Cl)[nH]c2=O)CC1C#N. The molecule has 1 aromatic heterocycles. The molecule has 114 valence electrons. The van der Waals surface area contributed by atoms with Crippen molar-refractivity contribution in [3.05, 3.63) is 27.6 Å². The molecule has 0 bridgehead atoms. The summed E-state index contributed by atoms with van der Waals surface area (Å²) < 4.78 is 0. The molecule has 2 heterocycles. The predicted octanol–water partition coefficient (Wildman–Crippen LogP) is 1.84. The molecule has 0 aromatic carbocycles. The molecule has 1 aromatic rings. The van der Waals surface area contributed by atoms with Crippen molar-refractivity contribution in [1.82, 2.24) is 9.88 Å². The van der Waals surface area contributed by atoms with Crippen LogP contribution in [0.2, 0.25) is 5.15 Å². The third-order valence-electron chi connectivity index (χ3n) is 3.20. The number of rotatable bonds is 2. The second-order valence-corrected chi connectivity index (χ2v) is 4.96. The molecule has 1 saturated heterocycles. The summed E-state index contributed by atoms with van der Waals surface area (Å²) in [4.78, 5) is 27.8. The lowest BCUT2D eigenvalue weighted by Crippen LogP contribution is -2.28. The van der Waals surface area contributed by atoms with Crippen molar-refractivity contribution in [3.63, 3.8) is 0 Å². The monoisotopic (exact) mass is 310 g/mol. The van der Waals surface area contributed by atoms with Gasteiger partial charge in [0.25, 0.3) is 5.56 Å². The molecule has 21 heavy (non-hydrogen) atoms. The Balaban J connectivity index is 0.00000106. The van der Waals surface area contributed by atoms with Crippen molar-refractivity contribution < 1.29 is 4.79 Å². The van der Waals surface area contributed by atoms with E-state index in [1.165, 1.54) is 12.1 Å². The average molecular weight is 311 g/mol. The number of halogens is 1. The molecule has 0 aliphatic carbocycles. The van der Waals surface area contributed by atoms with E-state index < -0.39 is 5.56 Å². The Labute approximate surface area is 128 Å². The Morgan fingerprint density at radius 1 is 1.52 bits per heavy atom. The molecule has 1 amide bonds. The van der Waals surface area contributed by atoms with Gasteiger partial charge in [0.2, 0.25) is 5.91 Å². The number of nitrogens with one attached hydrogen (secondary N) is 2. The fourth-order valence-electron chi connectivity index (χ4n) is 2.12. The first-order valence-corrected chi connectivity index (χ1v) is 7.18. The van der Waals surface area contributed by atoms with E-state index in [1.54, 1.807) is 7.05 Å². The Bertz CT molecular complexity index is 593. The van der Waals surface area contributed by atoms with Crippen LogP contribution < -0.4 is 10.9 Å². The molecule has 0 saturated carbocycles. The summed E-state index contributed by atoms with van der Waals surface area (Å²) in [5, 5.41) is 11.7. The smallest absolute Gasteiger partial charge is 0.272 e. The largest absolute Gasteiger partial charge is 0.321 e. The van der Waals surface area contributed by atoms with Gasteiger partial charge in [-0.15, -0.1) is 0 Å². The van der Waals surface area contributed by atoms with E-state index in [-0.39, 0.29) is 28.7 Å². The highest BCUT2D eigenvalue weighted by Gasteiger charge is 2.34. The van der Waals surface area contributed by atoms with Gasteiger partial charge in [-0.2, -0.15) is 5.26 Å². The first-order chi connectivity index (χ1) is 10.0. The average Bonchev–Trinajstić information content (AvgIpc) is 2.85. The van der Waals surface area contributed by atoms with Crippen molar-refractivity contribution in [3.8, 4) is 6.07 Å². The first kappa shape index (κ1) is 17.2.